The first-order valence-electron chi connectivity index (χ1n) is 7.24. The third kappa shape index (κ3) is 6.05. The molecule has 1 rings (SSSR count). The second kappa shape index (κ2) is 8.70. The Balaban J connectivity index is 2.69. The molecule has 1 nitrogen and oxygen atoms in total. The monoisotopic (exact) mass is 329 g/mol. The highest BCUT2D eigenvalue weighted by Gasteiger charge is 2.14. The zero-order valence-corrected chi connectivity index (χ0v) is 13.8. The molecule has 2 atom stereocenters. The van der Waals surface area contributed by atoms with Crippen molar-refractivity contribution >= 4 is 15.9 Å². The van der Waals surface area contributed by atoms with E-state index in [0.29, 0.717) is 12.0 Å². The molecule has 0 aliphatic rings. The Morgan fingerprint density at radius 1 is 1.32 bits per heavy atom. The maximum Gasteiger partial charge on any atom is 0.127 e. The minimum atomic E-state index is -0.109. The van der Waals surface area contributed by atoms with Gasteiger partial charge < -0.3 is 5.32 Å². The molecule has 0 saturated heterocycles. The largest absolute Gasteiger partial charge is 0.314 e. The molecule has 0 radical (unpaired) electrons. The van der Waals surface area contributed by atoms with Crippen molar-refractivity contribution < 1.29 is 4.39 Å². The molecule has 1 aromatic carbocycles. The number of hydrogen-bond acceptors (Lipinski definition) is 1. The van der Waals surface area contributed by atoms with Crippen molar-refractivity contribution in [1.82, 2.24) is 5.32 Å². The van der Waals surface area contributed by atoms with E-state index in [-0.39, 0.29) is 5.82 Å². The van der Waals surface area contributed by atoms with Crippen LogP contribution in [0.3, 0.4) is 0 Å². The van der Waals surface area contributed by atoms with Gasteiger partial charge in [0.25, 0.3) is 0 Å². The van der Waals surface area contributed by atoms with Gasteiger partial charge in [-0.2, -0.15) is 0 Å². The van der Waals surface area contributed by atoms with Crippen LogP contribution in [0.5, 0.6) is 0 Å². The fourth-order valence-corrected chi connectivity index (χ4v) is 2.53. The van der Waals surface area contributed by atoms with E-state index in [1.54, 1.807) is 6.07 Å². The quantitative estimate of drug-likeness (QED) is 0.712. The van der Waals surface area contributed by atoms with E-state index in [9.17, 15) is 4.39 Å². The molecule has 3 heteroatoms. The van der Waals surface area contributed by atoms with Gasteiger partial charge in [-0.05, 0) is 49.4 Å². The standard InChI is InChI=1S/C16H25BrFN/c1-4-8-19-15(9-12(3)5-2)10-13-6-7-14(17)11-16(13)18/h6-7,11-12,15,19H,4-5,8-10H2,1-3H3. The number of rotatable bonds is 8. The molecule has 0 saturated carbocycles. The minimum absolute atomic E-state index is 0.109. The summed E-state index contributed by atoms with van der Waals surface area (Å²) in [5.74, 6) is 0.565. The van der Waals surface area contributed by atoms with Crippen LogP contribution in [0.1, 0.15) is 45.6 Å². The van der Waals surface area contributed by atoms with Gasteiger partial charge in [0.15, 0.2) is 0 Å². The molecule has 0 spiro atoms. The average Bonchev–Trinajstić information content (AvgIpc) is 2.38. The van der Waals surface area contributed by atoms with Crippen molar-refractivity contribution in [3.05, 3.63) is 34.1 Å². The van der Waals surface area contributed by atoms with E-state index in [4.69, 9.17) is 0 Å². The summed E-state index contributed by atoms with van der Waals surface area (Å²) in [6.07, 6.45) is 4.16. The molecule has 0 fully saturated rings. The molecule has 1 aromatic rings. The fraction of sp³-hybridized carbons (Fsp3) is 0.625. The second-order valence-corrected chi connectivity index (χ2v) is 6.26. The maximum absolute atomic E-state index is 13.9. The molecular formula is C16H25BrFN. The Morgan fingerprint density at radius 3 is 2.63 bits per heavy atom. The Kier molecular flexibility index (Phi) is 7.62. The lowest BCUT2D eigenvalue weighted by Gasteiger charge is -2.22. The van der Waals surface area contributed by atoms with Crippen LogP contribution in [0.2, 0.25) is 0 Å². The summed E-state index contributed by atoms with van der Waals surface area (Å²) in [4.78, 5) is 0. The van der Waals surface area contributed by atoms with Gasteiger partial charge in [0.1, 0.15) is 5.82 Å². The van der Waals surface area contributed by atoms with Crippen LogP contribution in [0.4, 0.5) is 4.39 Å². The molecule has 0 aliphatic carbocycles. The number of nitrogens with one attached hydrogen (secondary N) is 1. The van der Waals surface area contributed by atoms with Crippen molar-refractivity contribution in [1.29, 1.82) is 0 Å². The summed E-state index contributed by atoms with van der Waals surface area (Å²) in [6, 6.07) is 5.72. The number of halogens is 2. The van der Waals surface area contributed by atoms with Crippen LogP contribution in [-0.4, -0.2) is 12.6 Å². The first-order chi connectivity index (χ1) is 9.06. The number of benzene rings is 1. The predicted octanol–water partition coefficient (Wildman–Crippen LogP) is 4.94. The molecule has 1 N–H and O–H groups in total. The van der Waals surface area contributed by atoms with Crippen LogP contribution >= 0.6 is 15.9 Å². The van der Waals surface area contributed by atoms with Crippen LogP contribution in [0.25, 0.3) is 0 Å². The molecule has 108 valence electrons. The summed E-state index contributed by atoms with van der Waals surface area (Å²) in [5.41, 5.74) is 0.806. The van der Waals surface area contributed by atoms with Gasteiger partial charge in [0.05, 0.1) is 0 Å². The third-order valence-corrected chi connectivity index (χ3v) is 4.04. The van der Waals surface area contributed by atoms with Crippen molar-refractivity contribution in [3.63, 3.8) is 0 Å². The van der Waals surface area contributed by atoms with Crippen molar-refractivity contribution in [3.8, 4) is 0 Å². The van der Waals surface area contributed by atoms with E-state index < -0.39 is 0 Å². The zero-order valence-electron chi connectivity index (χ0n) is 12.2. The molecule has 19 heavy (non-hydrogen) atoms. The van der Waals surface area contributed by atoms with Gasteiger partial charge in [-0.25, -0.2) is 4.39 Å². The second-order valence-electron chi connectivity index (χ2n) is 5.34. The fourth-order valence-electron chi connectivity index (χ4n) is 2.19. The Bertz CT molecular complexity index is 381. The van der Waals surface area contributed by atoms with Crippen molar-refractivity contribution in [2.75, 3.05) is 6.54 Å². The zero-order chi connectivity index (χ0) is 14.3. The van der Waals surface area contributed by atoms with Crippen molar-refractivity contribution in [2.24, 2.45) is 5.92 Å². The topological polar surface area (TPSA) is 12.0 Å². The Labute approximate surface area is 125 Å². The van der Waals surface area contributed by atoms with Gasteiger partial charge in [-0.3, -0.25) is 0 Å². The highest BCUT2D eigenvalue weighted by molar-refractivity contribution is 9.10. The van der Waals surface area contributed by atoms with Gasteiger partial charge in [0.2, 0.25) is 0 Å². The van der Waals surface area contributed by atoms with Gasteiger partial charge in [-0.1, -0.05) is 49.2 Å². The third-order valence-electron chi connectivity index (χ3n) is 3.55. The smallest absolute Gasteiger partial charge is 0.127 e. The minimum Gasteiger partial charge on any atom is -0.314 e. The summed E-state index contributed by atoms with van der Waals surface area (Å²) < 4.78 is 14.7. The molecule has 0 amide bonds. The van der Waals surface area contributed by atoms with Crippen molar-refractivity contribution in [2.45, 2.75) is 52.5 Å². The van der Waals surface area contributed by atoms with E-state index >= 15 is 0 Å². The summed E-state index contributed by atoms with van der Waals surface area (Å²) in [6.45, 7) is 7.63. The SMILES string of the molecule is CCCNC(Cc1ccc(Br)cc1F)CC(C)CC. The van der Waals surface area contributed by atoms with Crippen LogP contribution in [0, 0.1) is 11.7 Å². The Hall–Kier alpha value is -0.410. The predicted molar refractivity (Wildman–Crippen MR) is 84.0 cm³/mol. The lowest BCUT2D eigenvalue weighted by Crippen LogP contribution is -2.33. The average molecular weight is 330 g/mol. The molecule has 2 unspecified atom stereocenters. The van der Waals surface area contributed by atoms with Crippen LogP contribution in [-0.2, 0) is 6.42 Å². The lowest BCUT2D eigenvalue weighted by atomic mass is 9.94. The molecule has 0 bridgehead atoms. The van der Waals surface area contributed by atoms with Gasteiger partial charge >= 0.3 is 0 Å². The highest BCUT2D eigenvalue weighted by atomic mass is 79.9. The summed E-state index contributed by atoms with van der Waals surface area (Å²) in [7, 11) is 0. The maximum atomic E-state index is 13.9. The summed E-state index contributed by atoms with van der Waals surface area (Å²) in [5, 5.41) is 3.55. The van der Waals surface area contributed by atoms with E-state index in [0.717, 1.165) is 35.8 Å². The lowest BCUT2D eigenvalue weighted by molar-refractivity contribution is 0.388. The Morgan fingerprint density at radius 2 is 2.05 bits per heavy atom. The molecule has 0 aromatic heterocycles. The van der Waals surface area contributed by atoms with Crippen LogP contribution in [0.15, 0.2) is 22.7 Å². The van der Waals surface area contributed by atoms with E-state index in [2.05, 4.69) is 42.0 Å². The van der Waals surface area contributed by atoms with E-state index in [1.807, 2.05) is 12.1 Å². The van der Waals surface area contributed by atoms with Crippen LogP contribution < -0.4 is 5.32 Å². The van der Waals surface area contributed by atoms with Gasteiger partial charge in [0, 0.05) is 10.5 Å². The molecular weight excluding hydrogens is 305 g/mol. The molecule has 0 heterocycles. The molecule has 0 aliphatic heterocycles. The first kappa shape index (κ1) is 16.6. The normalized spacial score (nSPS) is 14.4. The first-order valence-corrected chi connectivity index (χ1v) is 8.03. The number of hydrogen-bond donors (Lipinski definition) is 1. The highest BCUT2D eigenvalue weighted by Crippen LogP contribution is 2.19. The van der Waals surface area contributed by atoms with Gasteiger partial charge in [-0.15, -0.1) is 0 Å². The summed E-state index contributed by atoms with van der Waals surface area (Å²) >= 11 is 3.30. The van der Waals surface area contributed by atoms with E-state index in [1.165, 1.54) is 6.42 Å².